The van der Waals surface area contributed by atoms with Crippen LogP contribution in [0.4, 0.5) is 5.69 Å². The average Bonchev–Trinajstić information content (AvgIpc) is 3.58. The van der Waals surface area contributed by atoms with Crippen LogP contribution in [0.25, 0.3) is 6.08 Å². The summed E-state index contributed by atoms with van der Waals surface area (Å²) < 4.78 is 45.2. The van der Waals surface area contributed by atoms with Crippen LogP contribution in [0.2, 0.25) is 5.02 Å². The fraction of sp³-hybridized carbons (Fsp3) is 0.176. The molecule has 0 fully saturated rings. The van der Waals surface area contributed by atoms with E-state index in [4.69, 9.17) is 25.5 Å². The van der Waals surface area contributed by atoms with Crippen LogP contribution in [0.1, 0.15) is 29.6 Å². The highest BCUT2D eigenvalue weighted by Crippen LogP contribution is 2.37. The molecule has 45 heavy (non-hydrogen) atoms. The van der Waals surface area contributed by atoms with Crippen LogP contribution in [0.5, 0.6) is 5.75 Å². The van der Waals surface area contributed by atoms with E-state index in [-0.39, 0.29) is 34.9 Å². The topological polar surface area (TPSA) is 106 Å². The van der Waals surface area contributed by atoms with E-state index in [1.165, 1.54) is 53.8 Å². The minimum atomic E-state index is -3.96. The van der Waals surface area contributed by atoms with Gasteiger partial charge in [0, 0.05) is 23.3 Å². The van der Waals surface area contributed by atoms with Gasteiger partial charge in [-0.1, -0.05) is 47.5 Å². The molecule has 0 N–H and O–H groups in total. The molecule has 9 nitrogen and oxygen atoms in total. The van der Waals surface area contributed by atoms with Crippen LogP contribution in [0.3, 0.4) is 0 Å². The lowest BCUT2D eigenvalue weighted by Crippen LogP contribution is -2.30. The van der Waals surface area contributed by atoms with Crippen molar-refractivity contribution in [1.29, 1.82) is 0 Å². The fourth-order valence-corrected chi connectivity index (χ4v) is 6.51. The molecule has 1 aliphatic heterocycles. The Hall–Kier alpha value is -4.64. The standard InChI is InChI=1S/C34H31ClN2O7S/c1-22-8-10-24(11-9-22)20-36(45(40,41)30-16-12-25(35)13-17-30)21-29-15-14-28(44-29)19-31-32(34(39)43-4)23(2)37(33(31)38)26-6-5-7-27(18-26)42-3/h5-19H,20-21H2,1-4H3/b31-19+. The highest BCUT2D eigenvalue weighted by Gasteiger charge is 2.38. The third-order valence-corrected chi connectivity index (χ3v) is 9.39. The quantitative estimate of drug-likeness (QED) is 0.143. The third-order valence-electron chi connectivity index (χ3n) is 7.33. The van der Waals surface area contributed by atoms with Crippen LogP contribution in [-0.2, 0) is 37.4 Å². The Morgan fingerprint density at radius 2 is 1.67 bits per heavy atom. The van der Waals surface area contributed by atoms with Crippen LogP contribution >= 0.6 is 11.6 Å². The van der Waals surface area contributed by atoms with Gasteiger partial charge in [0.05, 0.1) is 42.5 Å². The van der Waals surface area contributed by atoms with Gasteiger partial charge < -0.3 is 13.9 Å². The minimum Gasteiger partial charge on any atom is -0.497 e. The van der Waals surface area contributed by atoms with Gasteiger partial charge in [0.15, 0.2) is 0 Å². The lowest BCUT2D eigenvalue weighted by molar-refractivity contribution is -0.136. The van der Waals surface area contributed by atoms with Gasteiger partial charge >= 0.3 is 5.97 Å². The number of esters is 1. The lowest BCUT2D eigenvalue weighted by atomic mass is 10.1. The first kappa shape index (κ1) is 31.8. The van der Waals surface area contributed by atoms with E-state index in [0.717, 1.165) is 11.1 Å². The molecule has 2 heterocycles. The summed E-state index contributed by atoms with van der Waals surface area (Å²) in [6, 6.07) is 23.7. The van der Waals surface area contributed by atoms with Crippen molar-refractivity contribution in [3.05, 3.63) is 129 Å². The Kier molecular flexibility index (Phi) is 9.29. The minimum absolute atomic E-state index is 0.0772. The highest BCUT2D eigenvalue weighted by molar-refractivity contribution is 7.89. The predicted molar refractivity (Wildman–Crippen MR) is 171 cm³/mol. The number of anilines is 1. The molecule has 0 saturated carbocycles. The van der Waals surface area contributed by atoms with Crippen LogP contribution in [-0.4, -0.2) is 38.8 Å². The molecular formula is C34H31ClN2O7S. The number of amides is 1. The number of hydrogen-bond donors (Lipinski definition) is 0. The van der Waals surface area contributed by atoms with Gasteiger partial charge in [0.2, 0.25) is 10.0 Å². The summed E-state index contributed by atoms with van der Waals surface area (Å²) in [4.78, 5) is 28.0. The summed E-state index contributed by atoms with van der Waals surface area (Å²) in [5.74, 6) is 0.00808. The number of carbonyl (C=O) groups is 2. The number of rotatable bonds is 10. The van der Waals surface area contributed by atoms with E-state index in [9.17, 15) is 18.0 Å². The predicted octanol–water partition coefficient (Wildman–Crippen LogP) is 6.52. The van der Waals surface area contributed by atoms with Crippen molar-refractivity contribution < 1.29 is 31.9 Å². The van der Waals surface area contributed by atoms with E-state index in [1.807, 2.05) is 31.2 Å². The number of carbonyl (C=O) groups excluding carboxylic acids is 2. The largest absolute Gasteiger partial charge is 0.497 e. The Morgan fingerprint density at radius 1 is 0.956 bits per heavy atom. The number of aryl methyl sites for hydroxylation is 1. The van der Waals surface area contributed by atoms with E-state index < -0.39 is 21.9 Å². The molecule has 11 heteroatoms. The second kappa shape index (κ2) is 13.2. The van der Waals surface area contributed by atoms with Gasteiger partial charge in [-0.25, -0.2) is 13.2 Å². The van der Waals surface area contributed by atoms with Gasteiger partial charge in [0.1, 0.15) is 17.3 Å². The molecule has 0 radical (unpaired) electrons. The number of benzene rings is 3. The number of sulfonamides is 1. The van der Waals surface area contributed by atoms with Crippen molar-refractivity contribution in [3.8, 4) is 5.75 Å². The maximum Gasteiger partial charge on any atom is 0.340 e. The number of hydrogen-bond acceptors (Lipinski definition) is 7. The molecule has 1 aromatic heterocycles. The molecule has 4 aromatic rings. The van der Waals surface area contributed by atoms with Crippen LogP contribution < -0.4 is 9.64 Å². The van der Waals surface area contributed by atoms with Crippen molar-refractivity contribution in [3.63, 3.8) is 0 Å². The lowest BCUT2D eigenvalue weighted by Gasteiger charge is -2.21. The zero-order chi connectivity index (χ0) is 32.3. The number of halogens is 1. The first-order chi connectivity index (χ1) is 21.5. The van der Waals surface area contributed by atoms with Gasteiger partial charge in [-0.2, -0.15) is 4.31 Å². The van der Waals surface area contributed by atoms with Crippen molar-refractivity contribution in [2.24, 2.45) is 0 Å². The van der Waals surface area contributed by atoms with Crippen LogP contribution in [0, 0.1) is 6.92 Å². The monoisotopic (exact) mass is 646 g/mol. The Morgan fingerprint density at radius 3 is 2.33 bits per heavy atom. The molecule has 0 saturated heterocycles. The summed E-state index contributed by atoms with van der Waals surface area (Å²) in [6.45, 7) is 3.61. The number of methoxy groups -OCH3 is 2. The van der Waals surface area contributed by atoms with Crippen molar-refractivity contribution >= 4 is 45.3 Å². The van der Waals surface area contributed by atoms with Crippen molar-refractivity contribution in [2.45, 2.75) is 31.8 Å². The number of allylic oxidation sites excluding steroid dienone is 1. The maximum atomic E-state index is 13.8. The smallest absolute Gasteiger partial charge is 0.340 e. The summed E-state index contributed by atoms with van der Waals surface area (Å²) >= 11 is 6.01. The molecule has 3 aromatic carbocycles. The molecule has 232 valence electrons. The molecule has 5 rings (SSSR count). The molecule has 1 amide bonds. The SMILES string of the molecule is COC(=O)C1=C(C)N(c2cccc(OC)c2)C(=O)/C1=C/c1ccc(CN(Cc2ccc(C)cc2)S(=O)(=O)c2ccc(Cl)cc2)o1. The van der Waals surface area contributed by atoms with E-state index in [2.05, 4.69) is 0 Å². The molecular weight excluding hydrogens is 616 g/mol. The van der Waals surface area contributed by atoms with Crippen molar-refractivity contribution in [2.75, 3.05) is 19.1 Å². The summed E-state index contributed by atoms with van der Waals surface area (Å²) in [5.41, 5.74) is 2.92. The first-order valence-corrected chi connectivity index (χ1v) is 15.7. The van der Waals surface area contributed by atoms with Gasteiger partial charge in [0.25, 0.3) is 5.91 Å². The summed E-state index contributed by atoms with van der Waals surface area (Å²) in [5, 5.41) is 0.421. The summed E-state index contributed by atoms with van der Waals surface area (Å²) in [6.07, 6.45) is 1.46. The third kappa shape index (κ3) is 6.73. The van der Waals surface area contributed by atoms with Gasteiger partial charge in [-0.15, -0.1) is 0 Å². The zero-order valence-electron chi connectivity index (χ0n) is 25.1. The van der Waals surface area contributed by atoms with Gasteiger partial charge in [-0.05, 0) is 74.0 Å². The number of nitrogens with zero attached hydrogens (tertiary/aromatic N) is 2. The van der Waals surface area contributed by atoms with Crippen LogP contribution in [0.15, 0.2) is 111 Å². The molecule has 0 spiro atoms. The Bertz CT molecular complexity index is 1910. The van der Waals surface area contributed by atoms with Gasteiger partial charge in [-0.3, -0.25) is 9.69 Å². The number of ether oxygens (including phenoxy) is 2. The second-order valence-electron chi connectivity index (χ2n) is 10.4. The second-order valence-corrected chi connectivity index (χ2v) is 12.7. The summed E-state index contributed by atoms with van der Waals surface area (Å²) in [7, 11) is -1.19. The average molecular weight is 647 g/mol. The maximum absolute atomic E-state index is 13.8. The normalized spacial score (nSPS) is 14.5. The van der Waals surface area contributed by atoms with E-state index >= 15 is 0 Å². The molecule has 0 atom stereocenters. The molecule has 0 aliphatic carbocycles. The molecule has 0 unspecified atom stereocenters. The Balaban J connectivity index is 1.48. The molecule has 0 bridgehead atoms. The van der Waals surface area contributed by atoms with Crippen molar-refractivity contribution in [1.82, 2.24) is 4.31 Å². The highest BCUT2D eigenvalue weighted by atomic mass is 35.5. The first-order valence-electron chi connectivity index (χ1n) is 13.9. The Labute approximate surface area is 267 Å². The fourth-order valence-electron chi connectivity index (χ4n) is 4.99. The number of furan rings is 1. The van der Waals surface area contributed by atoms with E-state index in [0.29, 0.717) is 27.9 Å². The zero-order valence-corrected chi connectivity index (χ0v) is 26.7. The van der Waals surface area contributed by atoms with E-state index in [1.54, 1.807) is 43.3 Å². The molecule has 1 aliphatic rings.